The summed E-state index contributed by atoms with van der Waals surface area (Å²) in [5.41, 5.74) is 2.22. The number of fused-ring (bicyclic) bond motifs is 2. The number of nitrogens with zero attached hydrogens (tertiary/aromatic N) is 3. The average molecular weight is 342 g/mol. The van der Waals surface area contributed by atoms with Gasteiger partial charge in [-0.2, -0.15) is 0 Å². The fourth-order valence-electron chi connectivity index (χ4n) is 3.22. The number of thiazole rings is 1. The molecule has 0 atom stereocenters. The summed E-state index contributed by atoms with van der Waals surface area (Å²) < 4.78 is 8.23. The van der Waals surface area contributed by atoms with Gasteiger partial charge in [0.25, 0.3) is 0 Å². The lowest BCUT2D eigenvalue weighted by molar-refractivity contribution is 0.105. The zero-order valence-electron chi connectivity index (χ0n) is 14.0. The smallest absolute Gasteiger partial charge is 0.193 e. The van der Waals surface area contributed by atoms with Crippen molar-refractivity contribution >= 4 is 22.0 Å². The van der Waals surface area contributed by atoms with Crippen LogP contribution in [0.2, 0.25) is 0 Å². The number of benzene rings is 1. The SMILES string of the molecule is CC1(C)CN(CCNCc2cnc3sccn23)c2ccccc2O1. The van der Waals surface area contributed by atoms with Gasteiger partial charge < -0.3 is 15.0 Å². The zero-order valence-corrected chi connectivity index (χ0v) is 14.8. The lowest BCUT2D eigenvalue weighted by atomic mass is 10.1. The number of anilines is 1. The molecule has 0 aliphatic carbocycles. The van der Waals surface area contributed by atoms with Crippen molar-refractivity contribution < 1.29 is 4.74 Å². The summed E-state index contributed by atoms with van der Waals surface area (Å²) in [6.07, 6.45) is 4.02. The summed E-state index contributed by atoms with van der Waals surface area (Å²) in [5.74, 6) is 0.976. The molecule has 0 fully saturated rings. The third-order valence-electron chi connectivity index (χ3n) is 4.25. The average Bonchev–Trinajstić information content (AvgIpc) is 3.14. The number of hydrogen-bond donors (Lipinski definition) is 1. The highest BCUT2D eigenvalue weighted by Gasteiger charge is 2.30. The van der Waals surface area contributed by atoms with E-state index in [1.54, 1.807) is 11.3 Å². The van der Waals surface area contributed by atoms with Crippen LogP contribution in [0.1, 0.15) is 19.5 Å². The quantitative estimate of drug-likeness (QED) is 0.723. The van der Waals surface area contributed by atoms with E-state index < -0.39 is 0 Å². The molecule has 0 saturated carbocycles. The predicted molar refractivity (Wildman–Crippen MR) is 98.1 cm³/mol. The molecular weight excluding hydrogens is 320 g/mol. The number of hydrogen-bond acceptors (Lipinski definition) is 5. The standard InChI is InChI=1S/C18H22N4OS/c1-18(2)13-21(15-5-3-4-6-16(15)23-18)8-7-19-11-14-12-20-17-22(14)9-10-24-17/h3-6,9-10,12,19H,7-8,11,13H2,1-2H3. The Kier molecular flexibility index (Phi) is 3.94. The molecule has 1 aliphatic heterocycles. The number of imidazole rings is 1. The van der Waals surface area contributed by atoms with Crippen LogP contribution in [-0.4, -0.2) is 34.6 Å². The van der Waals surface area contributed by atoms with Crippen molar-refractivity contribution in [2.45, 2.75) is 26.0 Å². The fraction of sp³-hybridized carbons (Fsp3) is 0.389. The first-order valence-electron chi connectivity index (χ1n) is 8.25. The molecule has 3 heterocycles. The molecule has 6 heteroatoms. The predicted octanol–water partition coefficient (Wildman–Crippen LogP) is 3.16. The van der Waals surface area contributed by atoms with Gasteiger partial charge >= 0.3 is 0 Å². The van der Waals surface area contributed by atoms with E-state index in [0.29, 0.717) is 0 Å². The summed E-state index contributed by atoms with van der Waals surface area (Å²) in [7, 11) is 0. The Morgan fingerprint density at radius 3 is 3.12 bits per heavy atom. The van der Waals surface area contributed by atoms with Crippen molar-refractivity contribution in [1.29, 1.82) is 0 Å². The van der Waals surface area contributed by atoms with Gasteiger partial charge in [0.15, 0.2) is 4.96 Å². The molecule has 0 amide bonds. The topological polar surface area (TPSA) is 41.8 Å². The third kappa shape index (κ3) is 2.99. The second-order valence-corrected chi connectivity index (χ2v) is 7.61. The van der Waals surface area contributed by atoms with Crippen LogP contribution < -0.4 is 15.0 Å². The van der Waals surface area contributed by atoms with Crippen molar-refractivity contribution in [3.63, 3.8) is 0 Å². The van der Waals surface area contributed by atoms with Gasteiger partial charge in [-0.3, -0.25) is 4.40 Å². The van der Waals surface area contributed by atoms with Crippen molar-refractivity contribution in [3.05, 3.63) is 47.7 Å². The molecule has 0 saturated heterocycles. The van der Waals surface area contributed by atoms with Crippen molar-refractivity contribution in [3.8, 4) is 5.75 Å². The molecule has 1 aromatic carbocycles. The van der Waals surface area contributed by atoms with Crippen LogP contribution in [0.3, 0.4) is 0 Å². The van der Waals surface area contributed by atoms with Crippen molar-refractivity contribution in [2.75, 3.05) is 24.5 Å². The Labute approximate surface area is 145 Å². The molecule has 5 nitrogen and oxygen atoms in total. The number of ether oxygens (including phenoxy) is 1. The first-order valence-corrected chi connectivity index (χ1v) is 9.13. The molecule has 2 aromatic heterocycles. The Hall–Kier alpha value is -2.05. The Morgan fingerprint density at radius 1 is 1.33 bits per heavy atom. The fourth-order valence-corrected chi connectivity index (χ4v) is 3.93. The molecule has 126 valence electrons. The van der Waals surface area contributed by atoms with Crippen LogP contribution in [0.15, 0.2) is 42.0 Å². The Morgan fingerprint density at radius 2 is 2.21 bits per heavy atom. The summed E-state index contributed by atoms with van der Waals surface area (Å²) in [4.78, 5) is 7.87. The highest BCUT2D eigenvalue weighted by atomic mass is 32.1. The van der Waals surface area contributed by atoms with Crippen LogP contribution in [0.25, 0.3) is 4.96 Å². The highest BCUT2D eigenvalue weighted by molar-refractivity contribution is 7.15. The highest BCUT2D eigenvalue weighted by Crippen LogP contribution is 2.36. The van der Waals surface area contributed by atoms with Crippen molar-refractivity contribution in [1.82, 2.24) is 14.7 Å². The molecule has 24 heavy (non-hydrogen) atoms. The van der Waals surface area contributed by atoms with Gasteiger partial charge in [0.05, 0.1) is 24.1 Å². The van der Waals surface area contributed by atoms with E-state index in [0.717, 1.165) is 36.9 Å². The minimum absolute atomic E-state index is 0.164. The van der Waals surface area contributed by atoms with Gasteiger partial charge in [-0.25, -0.2) is 4.98 Å². The largest absolute Gasteiger partial charge is 0.484 e. The van der Waals surface area contributed by atoms with Gasteiger partial charge in [0.2, 0.25) is 0 Å². The molecule has 1 aliphatic rings. The van der Waals surface area contributed by atoms with Crippen LogP contribution in [0.5, 0.6) is 5.75 Å². The number of rotatable bonds is 5. The lowest BCUT2D eigenvalue weighted by Gasteiger charge is -2.41. The number of para-hydroxylation sites is 2. The number of aromatic nitrogens is 2. The minimum Gasteiger partial charge on any atom is -0.484 e. The Bertz CT molecular complexity index is 838. The number of nitrogens with one attached hydrogen (secondary N) is 1. The van der Waals surface area contributed by atoms with Gasteiger partial charge in [-0.15, -0.1) is 11.3 Å². The van der Waals surface area contributed by atoms with Crippen LogP contribution >= 0.6 is 11.3 Å². The monoisotopic (exact) mass is 342 g/mol. The first-order chi connectivity index (χ1) is 11.6. The van der Waals surface area contributed by atoms with Crippen molar-refractivity contribution in [2.24, 2.45) is 0 Å². The molecule has 1 N–H and O–H groups in total. The van der Waals surface area contributed by atoms with E-state index in [9.17, 15) is 0 Å². The maximum Gasteiger partial charge on any atom is 0.193 e. The third-order valence-corrected chi connectivity index (χ3v) is 5.02. The van der Waals surface area contributed by atoms with E-state index in [1.807, 2.05) is 12.3 Å². The van der Waals surface area contributed by atoms with Crippen LogP contribution in [0.4, 0.5) is 5.69 Å². The van der Waals surface area contributed by atoms with Crippen LogP contribution in [-0.2, 0) is 6.54 Å². The zero-order chi connectivity index (χ0) is 16.6. The molecule has 3 aromatic rings. The maximum atomic E-state index is 6.08. The van der Waals surface area contributed by atoms with Gasteiger partial charge in [-0.1, -0.05) is 12.1 Å². The van der Waals surface area contributed by atoms with E-state index in [2.05, 4.69) is 63.2 Å². The van der Waals surface area contributed by atoms with E-state index in [4.69, 9.17) is 4.74 Å². The second-order valence-electron chi connectivity index (χ2n) is 6.73. The van der Waals surface area contributed by atoms with Gasteiger partial charge in [-0.05, 0) is 26.0 Å². The van der Waals surface area contributed by atoms with Gasteiger partial charge in [0.1, 0.15) is 11.4 Å². The van der Waals surface area contributed by atoms with E-state index in [-0.39, 0.29) is 5.60 Å². The summed E-state index contributed by atoms with van der Waals surface area (Å²) in [6.45, 7) is 7.88. The lowest BCUT2D eigenvalue weighted by Crippen LogP contribution is -2.48. The normalized spacial score (nSPS) is 16.2. The van der Waals surface area contributed by atoms with Gasteiger partial charge in [0, 0.05) is 31.2 Å². The van der Waals surface area contributed by atoms with Crippen LogP contribution in [0, 0.1) is 0 Å². The first kappa shape index (κ1) is 15.5. The van der Waals surface area contributed by atoms with E-state index >= 15 is 0 Å². The minimum atomic E-state index is -0.164. The molecule has 0 radical (unpaired) electrons. The molecular formula is C18H22N4OS. The molecule has 0 bridgehead atoms. The van der Waals surface area contributed by atoms with E-state index in [1.165, 1.54) is 11.4 Å². The molecule has 0 spiro atoms. The Balaban J connectivity index is 1.38. The molecule has 4 rings (SSSR count). The maximum absolute atomic E-state index is 6.08. The second kappa shape index (κ2) is 6.11. The summed E-state index contributed by atoms with van der Waals surface area (Å²) >= 11 is 1.66. The summed E-state index contributed by atoms with van der Waals surface area (Å²) in [6, 6.07) is 8.29. The molecule has 0 unspecified atom stereocenters. The summed E-state index contributed by atoms with van der Waals surface area (Å²) in [5, 5.41) is 5.60.